The fourth-order valence-corrected chi connectivity index (χ4v) is 3.41. The van der Waals surface area contributed by atoms with Gasteiger partial charge in [-0.05, 0) is 29.3 Å². The zero-order valence-corrected chi connectivity index (χ0v) is 11.3. The van der Waals surface area contributed by atoms with Crippen LogP contribution < -0.4 is 4.72 Å². The Morgan fingerprint density at radius 1 is 1.50 bits per heavy atom. The lowest BCUT2D eigenvalue weighted by Gasteiger charge is -2.03. The van der Waals surface area contributed by atoms with Crippen LogP contribution in [0.4, 0.5) is 0 Å². The predicted molar refractivity (Wildman–Crippen MR) is 67.7 cm³/mol. The summed E-state index contributed by atoms with van der Waals surface area (Å²) in [5.41, 5.74) is 0.909. The van der Waals surface area contributed by atoms with E-state index in [1.54, 1.807) is 6.92 Å². The molecule has 0 aliphatic carbocycles. The molecule has 0 aromatic carbocycles. The molecule has 0 fully saturated rings. The lowest BCUT2D eigenvalue weighted by atomic mass is 10.4. The number of aliphatic hydroxyl groups is 1. The number of hydrogen-bond acceptors (Lipinski definition) is 5. The van der Waals surface area contributed by atoms with Gasteiger partial charge < -0.3 is 9.52 Å². The maximum absolute atomic E-state index is 12.0. The van der Waals surface area contributed by atoms with E-state index >= 15 is 0 Å². The second-order valence-electron chi connectivity index (χ2n) is 3.75. The first-order valence-electron chi connectivity index (χ1n) is 5.24. The van der Waals surface area contributed by atoms with Crippen LogP contribution in [0.15, 0.2) is 32.2 Å². The number of aryl methyl sites for hydroxylation is 1. The SMILES string of the molecule is Cc1oc(CO)cc1S(=O)(=O)NCc1ccsc1. The molecule has 5 nitrogen and oxygen atoms in total. The van der Waals surface area contributed by atoms with Crippen molar-refractivity contribution in [3.8, 4) is 0 Å². The molecule has 2 heterocycles. The Labute approximate surface area is 109 Å². The van der Waals surface area contributed by atoms with Gasteiger partial charge in [-0.3, -0.25) is 0 Å². The molecule has 0 amide bonds. The lowest BCUT2D eigenvalue weighted by molar-refractivity contribution is 0.244. The van der Waals surface area contributed by atoms with Crippen molar-refractivity contribution < 1.29 is 17.9 Å². The third kappa shape index (κ3) is 2.81. The molecule has 98 valence electrons. The summed E-state index contributed by atoms with van der Waals surface area (Å²) in [5.74, 6) is 0.514. The molecule has 0 spiro atoms. The maximum Gasteiger partial charge on any atom is 0.244 e. The Hall–Kier alpha value is -1.15. The number of furan rings is 1. The quantitative estimate of drug-likeness (QED) is 0.876. The maximum atomic E-state index is 12.0. The predicted octanol–water partition coefficient (Wildman–Crippen LogP) is 1.62. The zero-order valence-electron chi connectivity index (χ0n) is 9.71. The van der Waals surface area contributed by atoms with Crippen LogP contribution in [0.2, 0.25) is 0 Å². The number of thiophene rings is 1. The Kier molecular flexibility index (Phi) is 3.86. The van der Waals surface area contributed by atoms with Gasteiger partial charge in [-0.1, -0.05) is 0 Å². The molecule has 0 aliphatic rings. The van der Waals surface area contributed by atoms with E-state index in [-0.39, 0.29) is 29.6 Å². The molecule has 0 saturated carbocycles. The molecule has 2 N–H and O–H groups in total. The van der Waals surface area contributed by atoms with Gasteiger partial charge in [-0.15, -0.1) is 0 Å². The van der Waals surface area contributed by atoms with Crippen molar-refractivity contribution in [2.75, 3.05) is 0 Å². The fourth-order valence-electron chi connectivity index (χ4n) is 1.52. The third-order valence-corrected chi connectivity index (χ3v) is 4.66. The van der Waals surface area contributed by atoms with Gasteiger partial charge in [0.1, 0.15) is 23.0 Å². The van der Waals surface area contributed by atoms with Crippen LogP contribution in [-0.4, -0.2) is 13.5 Å². The van der Waals surface area contributed by atoms with Crippen LogP contribution in [0.3, 0.4) is 0 Å². The highest BCUT2D eigenvalue weighted by atomic mass is 32.2. The van der Waals surface area contributed by atoms with Crippen molar-refractivity contribution in [2.45, 2.75) is 25.0 Å². The summed E-state index contributed by atoms with van der Waals surface area (Å²) in [4.78, 5) is 0.0711. The van der Waals surface area contributed by atoms with E-state index in [0.29, 0.717) is 0 Å². The van der Waals surface area contributed by atoms with Crippen LogP contribution >= 0.6 is 11.3 Å². The van der Waals surface area contributed by atoms with E-state index < -0.39 is 10.0 Å². The smallest absolute Gasteiger partial charge is 0.244 e. The van der Waals surface area contributed by atoms with Gasteiger partial charge in [0.2, 0.25) is 10.0 Å². The highest BCUT2D eigenvalue weighted by molar-refractivity contribution is 7.89. The van der Waals surface area contributed by atoms with Crippen molar-refractivity contribution in [1.29, 1.82) is 0 Å². The fraction of sp³-hybridized carbons (Fsp3) is 0.273. The molecule has 2 rings (SSSR count). The molecular weight excluding hydrogens is 274 g/mol. The standard InChI is InChI=1S/C11H13NO4S2/c1-8-11(4-10(6-13)16-8)18(14,15)12-5-9-2-3-17-7-9/h2-4,7,12-13H,5-6H2,1H3. The molecule has 2 aromatic heterocycles. The second-order valence-corrected chi connectivity index (χ2v) is 6.26. The first kappa shape index (κ1) is 13.3. The summed E-state index contributed by atoms with van der Waals surface area (Å²) < 4.78 is 31.7. The van der Waals surface area contributed by atoms with Crippen molar-refractivity contribution in [3.63, 3.8) is 0 Å². The summed E-state index contributed by atoms with van der Waals surface area (Å²) >= 11 is 1.51. The van der Waals surface area contributed by atoms with Crippen molar-refractivity contribution >= 4 is 21.4 Å². The van der Waals surface area contributed by atoms with Crippen LogP contribution in [-0.2, 0) is 23.2 Å². The monoisotopic (exact) mass is 287 g/mol. The molecule has 18 heavy (non-hydrogen) atoms. The minimum absolute atomic E-state index is 0.0711. The van der Waals surface area contributed by atoms with Gasteiger partial charge in [-0.25, -0.2) is 13.1 Å². The van der Waals surface area contributed by atoms with Crippen LogP contribution in [0.1, 0.15) is 17.1 Å². The molecule has 0 atom stereocenters. The summed E-state index contributed by atoms with van der Waals surface area (Å²) in [7, 11) is -3.61. The van der Waals surface area contributed by atoms with Crippen molar-refractivity contribution in [3.05, 3.63) is 40.0 Å². The number of nitrogens with one attached hydrogen (secondary N) is 1. The summed E-state index contributed by atoms with van der Waals surface area (Å²) in [6.45, 7) is 1.48. The minimum atomic E-state index is -3.61. The Morgan fingerprint density at radius 3 is 2.83 bits per heavy atom. The molecule has 0 unspecified atom stereocenters. The molecular formula is C11H13NO4S2. The van der Waals surface area contributed by atoms with Gasteiger partial charge in [-0.2, -0.15) is 11.3 Å². The molecule has 0 radical (unpaired) electrons. The third-order valence-electron chi connectivity index (χ3n) is 2.42. The molecule has 0 aliphatic heterocycles. The average Bonchev–Trinajstić information content (AvgIpc) is 2.95. The summed E-state index contributed by atoms with van der Waals surface area (Å²) in [6, 6.07) is 3.19. The zero-order chi connectivity index (χ0) is 13.2. The van der Waals surface area contributed by atoms with Crippen LogP contribution in [0.5, 0.6) is 0 Å². The summed E-state index contributed by atoms with van der Waals surface area (Å²) in [5, 5.41) is 12.7. The number of hydrogen-bond donors (Lipinski definition) is 2. The number of aliphatic hydroxyl groups excluding tert-OH is 1. The van der Waals surface area contributed by atoms with E-state index in [1.165, 1.54) is 17.4 Å². The number of rotatable bonds is 5. The largest absolute Gasteiger partial charge is 0.462 e. The Balaban J connectivity index is 2.17. The first-order chi connectivity index (χ1) is 8.53. The summed E-state index contributed by atoms with van der Waals surface area (Å²) in [6.07, 6.45) is 0. The van der Waals surface area contributed by atoms with Gasteiger partial charge in [0.25, 0.3) is 0 Å². The second kappa shape index (κ2) is 5.23. The normalized spacial score (nSPS) is 11.9. The van der Waals surface area contributed by atoms with E-state index in [2.05, 4.69) is 4.72 Å². The van der Waals surface area contributed by atoms with E-state index in [0.717, 1.165) is 5.56 Å². The average molecular weight is 287 g/mol. The topological polar surface area (TPSA) is 79.5 Å². The Bertz CT molecular complexity index is 614. The Morgan fingerprint density at radius 2 is 2.28 bits per heavy atom. The first-order valence-corrected chi connectivity index (χ1v) is 7.66. The highest BCUT2D eigenvalue weighted by Crippen LogP contribution is 2.20. The van der Waals surface area contributed by atoms with Crippen molar-refractivity contribution in [2.24, 2.45) is 0 Å². The van der Waals surface area contributed by atoms with Crippen LogP contribution in [0.25, 0.3) is 0 Å². The molecule has 7 heteroatoms. The lowest BCUT2D eigenvalue weighted by Crippen LogP contribution is -2.23. The highest BCUT2D eigenvalue weighted by Gasteiger charge is 2.20. The number of sulfonamides is 1. The van der Waals surface area contributed by atoms with Gasteiger partial charge in [0, 0.05) is 12.6 Å². The van der Waals surface area contributed by atoms with Gasteiger partial charge in [0.05, 0.1) is 0 Å². The molecule has 0 bridgehead atoms. The van der Waals surface area contributed by atoms with Gasteiger partial charge >= 0.3 is 0 Å². The molecule has 2 aromatic rings. The van der Waals surface area contributed by atoms with E-state index in [4.69, 9.17) is 9.52 Å². The molecule has 0 saturated heterocycles. The van der Waals surface area contributed by atoms with Crippen molar-refractivity contribution in [1.82, 2.24) is 4.72 Å². The van der Waals surface area contributed by atoms with Crippen LogP contribution in [0, 0.1) is 6.92 Å². The van der Waals surface area contributed by atoms with Gasteiger partial charge in [0.15, 0.2) is 0 Å². The van der Waals surface area contributed by atoms with E-state index in [9.17, 15) is 8.42 Å². The minimum Gasteiger partial charge on any atom is -0.462 e. The van der Waals surface area contributed by atoms with E-state index in [1.807, 2.05) is 16.8 Å².